The van der Waals surface area contributed by atoms with E-state index in [2.05, 4.69) is 10.2 Å². The highest BCUT2D eigenvalue weighted by atomic mass is 35.5. The lowest BCUT2D eigenvalue weighted by Gasteiger charge is -2.23. The first-order valence-electron chi connectivity index (χ1n) is 8.53. The molecule has 3 rings (SSSR count). The molecule has 23 heavy (non-hydrogen) atoms. The first-order chi connectivity index (χ1) is 11.2. The van der Waals surface area contributed by atoms with Gasteiger partial charge in [-0.25, -0.2) is 0 Å². The highest BCUT2D eigenvalue weighted by molar-refractivity contribution is 6.31. The number of amides is 1. The van der Waals surface area contributed by atoms with Crippen LogP contribution in [0, 0.1) is 5.92 Å². The molecular weight excluding hydrogens is 312 g/mol. The van der Waals surface area contributed by atoms with Gasteiger partial charge >= 0.3 is 0 Å². The second kappa shape index (κ2) is 7.54. The molecule has 1 N–H and O–H groups in total. The maximum Gasteiger partial charge on any atom is 0.255 e. The lowest BCUT2D eigenvalue weighted by Crippen LogP contribution is -2.34. The summed E-state index contributed by atoms with van der Waals surface area (Å²) in [6, 6.07) is 5.90. The molecule has 4 nitrogen and oxygen atoms in total. The number of nitrogens with one attached hydrogen (secondary N) is 1. The van der Waals surface area contributed by atoms with Crippen LogP contribution in [0.25, 0.3) is 0 Å². The Bertz CT molecular complexity index is 558. The number of halogens is 1. The van der Waals surface area contributed by atoms with Gasteiger partial charge in [0.25, 0.3) is 5.91 Å². The number of carbonyl (C=O) groups excluding carboxylic acids is 1. The molecule has 1 heterocycles. The van der Waals surface area contributed by atoms with Gasteiger partial charge < -0.3 is 15.0 Å². The Hall–Kier alpha value is -1.26. The number of nitrogens with zero attached hydrogens (tertiary/aromatic N) is 1. The molecule has 1 atom stereocenters. The van der Waals surface area contributed by atoms with Crippen molar-refractivity contribution in [1.29, 1.82) is 0 Å². The predicted octanol–water partition coefficient (Wildman–Crippen LogP) is 3.34. The largest absolute Gasteiger partial charge is 0.496 e. The first-order valence-corrected chi connectivity index (χ1v) is 8.91. The summed E-state index contributed by atoms with van der Waals surface area (Å²) in [5, 5.41) is 3.60. The Morgan fingerprint density at radius 3 is 2.87 bits per heavy atom. The van der Waals surface area contributed by atoms with E-state index in [1.807, 2.05) is 0 Å². The van der Waals surface area contributed by atoms with Gasteiger partial charge in [0.15, 0.2) is 0 Å². The molecule has 0 radical (unpaired) electrons. The smallest absolute Gasteiger partial charge is 0.255 e. The molecule has 2 aliphatic rings. The van der Waals surface area contributed by atoms with Crippen LogP contribution in [-0.4, -0.2) is 43.6 Å². The maximum absolute atomic E-state index is 12.4. The van der Waals surface area contributed by atoms with E-state index >= 15 is 0 Å². The number of hydrogen-bond donors (Lipinski definition) is 1. The van der Waals surface area contributed by atoms with Crippen LogP contribution < -0.4 is 10.1 Å². The van der Waals surface area contributed by atoms with Gasteiger partial charge in [-0.2, -0.15) is 0 Å². The molecule has 1 aliphatic carbocycles. The number of hydrogen-bond acceptors (Lipinski definition) is 3. The minimum atomic E-state index is -0.108. The van der Waals surface area contributed by atoms with E-state index in [1.54, 1.807) is 25.3 Å². The van der Waals surface area contributed by atoms with Crippen molar-refractivity contribution < 1.29 is 9.53 Å². The van der Waals surface area contributed by atoms with Gasteiger partial charge in [0.1, 0.15) is 5.75 Å². The van der Waals surface area contributed by atoms with Crippen molar-refractivity contribution in [2.45, 2.75) is 38.1 Å². The molecule has 126 valence electrons. The van der Waals surface area contributed by atoms with Crippen molar-refractivity contribution in [3.8, 4) is 5.75 Å². The quantitative estimate of drug-likeness (QED) is 0.896. The van der Waals surface area contributed by atoms with Gasteiger partial charge in [-0.05, 0) is 49.9 Å². The topological polar surface area (TPSA) is 41.6 Å². The number of methoxy groups -OCH3 is 1. The zero-order valence-electron chi connectivity index (χ0n) is 13.7. The lowest BCUT2D eigenvalue weighted by molar-refractivity contribution is 0.0944. The molecule has 1 aliphatic heterocycles. The molecule has 5 heteroatoms. The van der Waals surface area contributed by atoms with Crippen molar-refractivity contribution >= 4 is 17.5 Å². The van der Waals surface area contributed by atoms with E-state index in [-0.39, 0.29) is 5.91 Å². The van der Waals surface area contributed by atoms with Crippen LogP contribution in [0.1, 0.15) is 42.5 Å². The molecular formula is C18H25ClN2O2. The van der Waals surface area contributed by atoms with Crippen LogP contribution in [-0.2, 0) is 0 Å². The van der Waals surface area contributed by atoms with E-state index in [9.17, 15) is 4.79 Å². The monoisotopic (exact) mass is 336 g/mol. The number of ether oxygens (including phenoxy) is 1. The summed E-state index contributed by atoms with van der Waals surface area (Å²) in [6.07, 6.45) is 6.61. The predicted molar refractivity (Wildman–Crippen MR) is 92.3 cm³/mol. The zero-order valence-corrected chi connectivity index (χ0v) is 14.4. The summed E-state index contributed by atoms with van der Waals surface area (Å²) in [7, 11) is 1.57. The van der Waals surface area contributed by atoms with Crippen molar-refractivity contribution in [3.05, 3.63) is 28.8 Å². The van der Waals surface area contributed by atoms with Crippen molar-refractivity contribution in [3.63, 3.8) is 0 Å². The van der Waals surface area contributed by atoms with Crippen molar-refractivity contribution in [2.75, 3.05) is 26.7 Å². The van der Waals surface area contributed by atoms with Gasteiger partial charge in [0, 0.05) is 24.2 Å². The molecule has 1 saturated carbocycles. The molecule has 1 aromatic rings. The number of carbonyl (C=O) groups is 1. The fraction of sp³-hybridized carbons (Fsp3) is 0.611. The van der Waals surface area contributed by atoms with Gasteiger partial charge in [0.2, 0.25) is 0 Å². The molecule has 0 bridgehead atoms. The third-order valence-corrected chi connectivity index (χ3v) is 5.35. The van der Waals surface area contributed by atoms with Crippen molar-refractivity contribution in [2.24, 2.45) is 5.92 Å². The van der Waals surface area contributed by atoms with Crippen LogP contribution in [0.15, 0.2) is 18.2 Å². The molecule has 1 saturated heterocycles. The number of benzene rings is 1. The Kier molecular flexibility index (Phi) is 5.44. The van der Waals surface area contributed by atoms with Crippen LogP contribution in [0.4, 0.5) is 0 Å². The third-order valence-electron chi connectivity index (χ3n) is 5.12. The summed E-state index contributed by atoms with van der Waals surface area (Å²) in [5.74, 6) is 0.999. The molecule has 0 aromatic heterocycles. The normalized spacial score (nSPS) is 22.4. The second-order valence-electron chi connectivity index (χ2n) is 6.64. The Morgan fingerprint density at radius 2 is 2.13 bits per heavy atom. The van der Waals surface area contributed by atoms with Gasteiger partial charge in [0.05, 0.1) is 12.7 Å². The maximum atomic E-state index is 12.4. The molecule has 1 aromatic carbocycles. The Balaban J connectivity index is 1.52. The van der Waals surface area contributed by atoms with E-state index in [0.29, 0.717) is 22.3 Å². The third kappa shape index (κ3) is 3.99. The minimum Gasteiger partial charge on any atom is -0.496 e. The summed E-state index contributed by atoms with van der Waals surface area (Å²) in [4.78, 5) is 15.0. The lowest BCUT2D eigenvalue weighted by atomic mass is 10.1. The molecule has 2 fully saturated rings. The standard InChI is InChI=1S/C18H25ClN2O2/c1-23-17-7-6-14(19)10-16(17)18(22)20-11-13-8-9-21(12-13)15-4-2-3-5-15/h6-7,10,13,15H,2-5,8-9,11-12H2,1H3,(H,20,22)/t13-/m0/s1. The van der Waals surface area contributed by atoms with Crippen LogP contribution in [0.3, 0.4) is 0 Å². The highest BCUT2D eigenvalue weighted by Gasteiger charge is 2.30. The van der Waals surface area contributed by atoms with Gasteiger partial charge in [-0.3, -0.25) is 4.79 Å². The van der Waals surface area contributed by atoms with Crippen LogP contribution >= 0.6 is 11.6 Å². The SMILES string of the molecule is COc1ccc(Cl)cc1C(=O)NC[C@@H]1CCN(C2CCCC2)C1. The molecule has 0 unspecified atom stereocenters. The summed E-state index contributed by atoms with van der Waals surface area (Å²) < 4.78 is 5.25. The van der Waals surface area contributed by atoms with Gasteiger partial charge in [-0.1, -0.05) is 24.4 Å². The minimum absolute atomic E-state index is 0.108. The number of likely N-dealkylation sites (tertiary alicyclic amines) is 1. The van der Waals surface area contributed by atoms with E-state index in [1.165, 1.54) is 38.6 Å². The van der Waals surface area contributed by atoms with E-state index < -0.39 is 0 Å². The Labute approximate surface area is 143 Å². The fourth-order valence-corrected chi connectivity index (χ4v) is 3.99. The zero-order chi connectivity index (χ0) is 16.2. The summed E-state index contributed by atoms with van der Waals surface area (Å²) >= 11 is 5.99. The van der Waals surface area contributed by atoms with Gasteiger partial charge in [-0.15, -0.1) is 0 Å². The van der Waals surface area contributed by atoms with Crippen LogP contribution in [0.2, 0.25) is 5.02 Å². The first kappa shape index (κ1) is 16.6. The molecule has 1 amide bonds. The average molecular weight is 337 g/mol. The Morgan fingerprint density at radius 1 is 1.35 bits per heavy atom. The highest BCUT2D eigenvalue weighted by Crippen LogP contribution is 2.28. The molecule has 0 spiro atoms. The van der Waals surface area contributed by atoms with Crippen molar-refractivity contribution in [1.82, 2.24) is 10.2 Å². The van der Waals surface area contributed by atoms with E-state index in [4.69, 9.17) is 16.3 Å². The summed E-state index contributed by atoms with van der Waals surface area (Å²) in [5.41, 5.74) is 0.505. The van der Waals surface area contributed by atoms with Crippen LogP contribution in [0.5, 0.6) is 5.75 Å². The average Bonchev–Trinajstić information content (AvgIpc) is 3.23. The summed E-state index contributed by atoms with van der Waals surface area (Å²) in [6.45, 7) is 3.00. The second-order valence-corrected chi connectivity index (χ2v) is 7.08. The van der Waals surface area contributed by atoms with E-state index in [0.717, 1.165) is 19.1 Å². The number of rotatable bonds is 5. The fourth-order valence-electron chi connectivity index (χ4n) is 3.82.